The molecule has 1 amide bonds. The van der Waals surface area contributed by atoms with Gasteiger partial charge < -0.3 is 9.84 Å². The zero-order valence-electron chi connectivity index (χ0n) is 14.0. The summed E-state index contributed by atoms with van der Waals surface area (Å²) < 4.78 is 5.13. The minimum Gasteiger partial charge on any atom is -0.355 e. The first-order valence-corrected chi connectivity index (χ1v) is 8.26. The van der Waals surface area contributed by atoms with E-state index in [9.17, 15) is 4.79 Å². The molecule has 0 unspecified atom stereocenters. The fourth-order valence-electron chi connectivity index (χ4n) is 2.53. The quantitative estimate of drug-likeness (QED) is 0.650. The predicted molar refractivity (Wildman–Crippen MR) is 90.5 cm³/mol. The van der Waals surface area contributed by atoms with Crippen LogP contribution < -0.4 is 5.32 Å². The number of carbonyl (C=O) groups is 1. The van der Waals surface area contributed by atoms with Crippen LogP contribution in [0, 0.1) is 0 Å². The number of aromatic nitrogens is 5. The number of carbonyl (C=O) groups excluding carboxylic acids is 1. The summed E-state index contributed by atoms with van der Waals surface area (Å²) in [6.45, 7) is 2.74. The molecule has 130 valence electrons. The molecule has 3 aromatic rings. The molecule has 0 bridgehead atoms. The van der Waals surface area contributed by atoms with Gasteiger partial charge in [-0.05, 0) is 12.0 Å². The van der Waals surface area contributed by atoms with Crippen LogP contribution in [0.3, 0.4) is 0 Å². The fourth-order valence-corrected chi connectivity index (χ4v) is 2.53. The maximum absolute atomic E-state index is 12.1. The van der Waals surface area contributed by atoms with Gasteiger partial charge in [0.05, 0.1) is 0 Å². The van der Waals surface area contributed by atoms with E-state index in [4.69, 9.17) is 4.52 Å². The lowest BCUT2D eigenvalue weighted by atomic mass is 9.96. The topological polar surface area (TPSA) is 110 Å². The summed E-state index contributed by atoms with van der Waals surface area (Å²) in [7, 11) is 0. The van der Waals surface area contributed by atoms with Gasteiger partial charge >= 0.3 is 0 Å². The highest BCUT2D eigenvalue weighted by atomic mass is 16.5. The molecule has 2 aromatic heterocycles. The van der Waals surface area contributed by atoms with Gasteiger partial charge in [0.1, 0.15) is 6.33 Å². The lowest BCUT2D eigenvalue weighted by molar-refractivity contribution is -0.121. The lowest BCUT2D eigenvalue weighted by Crippen LogP contribution is -2.28. The minimum atomic E-state index is -0.0335. The number of aryl methyl sites for hydroxylation is 1. The van der Waals surface area contributed by atoms with Crippen molar-refractivity contribution >= 4 is 5.91 Å². The maximum atomic E-state index is 12.1. The monoisotopic (exact) mass is 340 g/mol. The Morgan fingerprint density at radius 3 is 2.88 bits per heavy atom. The first kappa shape index (κ1) is 16.8. The smallest absolute Gasteiger partial charge is 0.239 e. The van der Waals surface area contributed by atoms with Crippen LogP contribution in [-0.4, -0.2) is 37.8 Å². The van der Waals surface area contributed by atoms with Crippen LogP contribution >= 0.6 is 0 Å². The first-order valence-electron chi connectivity index (χ1n) is 8.26. The molecule has 0 saturated heterocycles. The summed E-state index contributed by atoms with van der Waals surface area (Å²) in [5.41, 5.74) is 1.24. The van der Waals surface area contributed by atoms with E-state index in [1.165, 1.54) is 11.9 Å². The number of nitrogens with zero attached hydrogens (tertiary/aromatic N) is 4. The SMILES string of the molecule is CC[C@@H](CNC(=O)CCc1nc(-c2ncn[nH]2)no1)c1ccccc1. The van der Waals surface area contributed by atoms with Crippen molar-refractivity contribution in [2.24, 2.45) is 0 Å². The zero-order valence-corrected chi connectivity index (χ0v) is 14.0. The molecule has 2 heterocycles. The normalized spacial score (nSPS) is 12.0. The van der Waals surface area contributed by atoms with Gasteiger partial charge in [-0.25, -0.2) is 4.98 Å². The van der Waals surface area contributed by atoms with Crippen molar-refractivity contribution in [3.63, 3.8) is 0 Å². The molecule has 25 heavy (non-hydrogen) atoms. The number of benzene rings is 1. The molecule has 2 N–H and O–H groups in total. The number of nitrogens with one attached hydrogen (secondary N) is 2. The van der Waals surface area contributed by atoms with Crippen LogP contribution in [0.5, 0.6) is 0 Å². The van der Waals surface area contributed by atoms with Gasteiger partial charge in [-0.2, -0.15) is 10.1 Å². The van der Waals surface area contributed by atoms with Crippen LogP contribution in [0.2, 0.25) is 0 Å². The number of amides is 1. The van der Waals surface area contributed by atoms with Crippen molar-refractivity contribution in [2.75, 3.05) is 6.54 Å². The van der Waals surface area contributed by atoms with E-state index in [0.717, 1.165) is 6.42 Å². The molecular weight excluding hydrogens is 320 g/mol. The van der Waals surface area contributed by atoms with E-state index in [-0.39, 0.29) is 5.91 Å². The number of hydrogen-bond acceptors (Lipinski definition) is 6. The Hall–Kier alpha value is -3.03. The van der Waals surface area contributed by atoms with E-state index in [1.807, 2.05) is 18.2 Å². The predicted octanol–water partition coefficient (Wildman–Crippen LogP) is 2.10. The Morgan fingerprint density at radius 2 is 2.16 bits per heavy atom. The lowest BCUT2D eigenvalue weighted by Gasteiger charge is -2.16. The fraction of sp³-hybridized carbons (Fsp3) is 0.353. The van der Waals surface area contributed by atoms with Crippen LogP contribution in [0.1, 0.15) is 37.1 Å². The second-order valence-corrected chi connectivity index (χ2v) is 5.67. The van der Waals surface area contributed by atoms with E-state index in [2.05, 4.69) is 49.7 Å². The number of aromatic amines is 1. The molecule has 0 spiro atoms. The highest BCUT2D eigenvalue weighted by Gasteiger charge is 2.14. The Labute approximate surface area is 145 Å². The van der Waals surface area contributed by atoms with Crippen LogP contribution in [0.15, 0.2) is 41.2 Å². The average molecular weight is 340 g/mol. The summed E-state index contributed by atoms with van der Waals surface area (Å²) in [5, 5.41) is 13.2. The Kier molecular flexibility index (Phi) is 5.50. The second kappa shape index (κ2) is 8.18. The zero-order chi connectivity index (χ0) is 17.5. The molecule has 8 heteroatoms. The number of hydrogen-bond donors (Lipinski definition) is 2. The average Bonchev–Trinajstić information content (AvgIpc) is 3.33. The molecule has 0 aliphatic heterocycles. The molecule has 1 aromatic carbocycles. The number of rotatable bonds is 8. The maximum Gasteiger partial charge on any atom is 0.239 e. The van der Waals surface area contributed by atoms with E-state index in [1.54, 1.807) is 0 Å². The third kappa shape index (κ3) is 4.50. The van der Waals surface area contributed by atoms with Crippen LogP contribution in [0.25, 0.3) is 11.6 Å². The van der Waals surface area contributed by atoms with Crippen molar-refractivity contribution in [2.45, 2.75) is 32.1 Å². The Bertz CT molecular complexity index is 785. The molecule has 3 rings (SSSR count). The van der Waals surface area contributed by atoms with Crippen molar-refractivity contribution in [1.82, 2.24) is 30.6 Å². The summed E-state index contributed by atoms with van der Waals surface area (Å²) in [4.78, 5) is 20.2. The molecule has 0 aliphatic carbocycles. The van der Waals surface area contributed by atoms with E-state index >= 15 is 0 Å². The van der Waals surface area contributed by atoms with Crippen LogP contribution in [0.4, 0.5) is 0 Å². The van der Waals surface area contributed by atoms with Gasteiger partial charge in [-0.1, -0.05) is 42.4 Å². The first-order chi connectivity index (χ1) is 12.3. The van der Waals surface area contributed by atoms with Crippen molar-refractivity contribution in [1.29, 1.82) is 0 Å². The van der Waals surface area contributed by atoms with Crippen LogP contribution in [-0.2, 0) is 11.2 Å². The van der Waals surface area contributed by atoms with E-state index in [0.29, 0.717) is 42.8 Å². The van der Waals surface area contributed by atoms with Gasteiger partial charge in [0, 0.05) is 25.3 Å². The molecule has 1 atom stereocenters. The Balaban J connectivity index is 1.46. The van der Waals surface area contributed by atoms with Crippen molar-refractivity contribution in [3.8, 4) is 11.6 Å². The molecule has 0 saturated carbocycles. The third-order valence-electron chi connectivity index (χ3n) is 3.97. The third-order valence-corrected chi connectivity index (χ3v) is 3.97. The minimum absolute atomic E-state index is 0.0335. The Morgan fingerprint density at radius 1 is 1.32 bits per heavy atom. The molecule has 0 radical (unpaired) electrons. The van der Waals surface area contributed by atoms with Gasteiger partial charge in [0.15, 0.2) is 5.82 Å². The molecular formula is C17H20N6O2. The largest absolute Gasteiger partial charge is 0.355 e. The summed E-state index contributed by atoms with van der Waals surface area (Å²) in [6.07, 6.45) is 3.02. The van der Waals surface area contributed by atoms with E-state index < -0.39 is 0 Å². The summed E-state index contributed by atoms with van der Waals surface area (Å²) >= 11 is 0. The van der Waals surface area contributed by atoms with Crippen molar-refractivity contribution < 1.29 is 9.32 Å². The van der Waals surface area contributed by atoms with Gasteiger partial charge in [-0.3, -0.25) is 9.89 Å². The highest BCUT2D eigenvalue weighted by molar-refractivity contribution is 5.76. The summed E-state index contributed by atoms with van der Waals surface area (Å²) in [6, 6.07) is 10.2. The molecule has 8 nitrogen and oxygen atoms in total. The summed E-state index contributed by atoms with van der Waals surface area (Å²) in [5.74, 6) is 1.45. The van der Waals surface area contributed by atoms with Gasteiger partial charge in [-0.15, -0.1) is 0 Å². The number of H-pyrrole nitrogens is 1. The standard InChI is InChI=1S/C17H20N6O2/c1-2-12(13-6-4-3-5-7-13)10-18-14(24)8-9-15-21-17(23-25-15)16-19-11-20-22-16/h3-7,11-12H,2,8-10H2,1H3,(H,18,24)(H,19,20,22)/t12-/m0/s1. The van der Waals surface area contributed by atoms with Gasteiger partial charge in [0.25, 0.3) is 0 Å². The van der Waals surface area contributed by atoms with Crippen molar-refractivity contribution in [3.05, 3.63) is 48.1 Å². The second-order valence-electron chi connectivity index (χ2n) is 5.67. The van der Waals surface area contributed by atoms with Gasteiger partial charge in [0.2, 0.25) is 17.6 Å². The highest BCUT2D eigenvalue weighted by Crippen LogP contribution is 2.18. The molecule has 0 aliphatic rings. The molecule has 0 fully saturated rings.